The molecule has 0 spiro atoms. The standard InChI is InChI=1S/C19H16BrN5O3/c1-23(2)19-22-25(13-6-3-11(4-7-13)9-16(26)27)18-21-17(28)14-10-12(20)5-8-15(14)24(18)19/h3-8,10H,9H2,1-2H3,(H,26,27). The van der Waals surface area contributed by atoms with Crippen LogP contribution >= 0.6 is 15.9 Å². The SMILES string of the molecule is CN(C)c1nn(-c2ccc(CC(=O)O)cc2)c2nc(=O)c3cc(Br)ccc3n12. The molecule has 2 heterocycles. The maximum absolute atomic E-state index is 12.6. The number of rotatable bonds is 4. The van der Waals surface area contributed by atoms with Crippen molar-refractivity contribution >= 4 is 44.5 Å². The van der Waals surface area contributed by atoms with E-state index in [1.54, 1.807) is 35.0 Å². The Morgan fingerprint density at radius 1 is 1.18 bits per heavy atom. The molecule has 0 amide bonds. The number of nitrogens with zero attached hydrogens (tertiary/aromatic N) is 5. The van der Waals surface area contributed by atoms with E-state index in [9.17, 15) is 9.59 Å². The number of carboxylic acid groups (broad SMARTS) is 1. The minimum absolute atomic E-state index is 0.0553. The zero-order chi connectivity index (χ0) is 20.0. The van der Waals surface area contributed by atoms with Gasteiger partial charge in [0.15, 0.2) is 0 Å². The van der Waals surface area contributed by atoms with Crippen molar-refractivity contribution in [3.63, 3.8) is 0 Å². The molecule has 1 N–H and O–H groups in total. The first-order valence-electron chi connectivity index (χ1n) is 8.44. The van der Waals surface area contributed by atoms with E-state index in [1.807, 2.05) is 35.5 Å². The van der Waals surface area contributed by atoms with Crippen LogP contribution in [0.5, 0.6) is 0 Å². The molecular weight excluding hydrogens is 426 g/mol. The highest BCUT2D eigenvalue weighted by Gasteiger charge is 2.18. The maximum atomic E-state index is 12.6. The van der Waals surface area contributed by atoms with Crippen LogP contribution in [-0.2, 0) is 11.2 Å². The van der Waals surface area contributed by atoms with E-state index >= 15 is 0 Å². The Morgan fingerprint density at radius 3 is 2.54 bits per heavy atom. The van der Waals surface area contributed by atoms with Gasteiger partial charge in [-0.05, 0) is 35.9 Å². The quantitative estimate of drug-likeness (QED) is 0.522. The molecule has 2 aromatic carbocycles. The van der Waals surface area contributed by atoms with Gasteiger partial charge in [0.1, 0.15) is 0 Å². The predicted octanol–water partition coefficient (Wildman–Crippen LogP) is 2.49. The van der Waals surface area contributed by atoms with Crippen LogP contribution in [0.2, 0.25) is 0 Å². The van der Waals surface area contributed by atoms with Crippen molar-refractivity contribution < 1.29 is 9.90 Å². The van der Waals surface area contributed by atoms with Crippen LogP contribution in [0.3, 0.4) is 0 Å². The summed E-state index contributed by atoms with van der Waals surface area (Å²) in [5, 5.41) is 14.1. The molecule has 0 saturated heterocycles. The van der Waals surface area contributed by atoms with Crippen molar-refractivity contribution in [3.05, 3.63) is 62.9 Å². The summed E-state index contributed by atoms with van der Waals surface area (Å²) in [6.45, 7) is 0. The smallest absolute Gasteiger partial charge is 0.307 e. The van der Waals surface area contributed by atoms with Crippen molar-refractivity contribution in [2.45, 2.75) is 6.42 Å². The van der Waals surface area contributed by atoms with Gasteiger partial charge >= 0.3 is 5.97 Å². The summed E-state index contributed by atoms with van der Waals surface area (Å²) in [5.41, 5.74) is 1.73. The van der Waals surface area contributed by atoms with Gasteiger partial charge in [0, 0.05) is 18.6 Å². The lowest BCUT2D eigenvalue weighted by Crippen LogP contribution is -2.15. The van der Waals surface area contributed by atoms with Crippen LogP contribution in [0.15, 0.2) is 51.7 Å². The second kappa shape index (κ2) is 6.75. The fourth-order valence-electron chi connectivity index (χ4n) is 3.09. The summed E-state index contributed by atoms with van der Waals surface area (Å²) >= 11 is 3.39. The highest BCUT2D eigenvalue weighted by atomic mass is 79.9. The number of anilines is 1. The molecule has 28 heavy (non-hydrogen) atoms. The van der Waals surface area contributed by atoms with E-state index in [-0.39, 0.29) is 12.0 Å². The molecule has 4 rings (SSSR count). The van der Waals surface area contributed by atoms with E-state index in [4.69, 9.17) is 5.11 Å². The lowest BCUT2D eigenvalue weighted by molar-refractivity contribution is -0.136. The van der Waals surface area contributed by atoms with Gasteiger partial charge in [-0.15, -0.1) is 5.10 Å². The molecule has 0 aliphatic carbocycles. The number of benzene rings is 2. The maximum Gasteiger partial charge on any atom is 0.307 e. The van der Waals surface area contributed by atoms with E-state index in [0.717, 1.165) is 4.47 Å². The highest BCUT2D eigenvalue weighted by Crippen LogP contribution is 2.24. The van der Waals surface area contributed by atoms with Gasteiger partial charge < -0.3 is 10.0 Å². The molecule has 9 heteroatoms. The molecule has 2 aromatic heterocycles. The second-order valence-corrected chi connectivity index (χ2v) is 7.47. The molecule has 0 saturated carbocycles. The van der Waals surface area contributed by atoms with Crippen LogP contribution in [0.4, 0.5) is 5.95 Å². The minimum Gasteiger partial charge on any atom is -0.481 e. The third-order valence-electron chi connectivity index (χ3n) is 4.35. The topological polar surface area (TPSA) is 92.7 Å². The monoisotopic (exact) mass is 441 g/mol. The summed E-state index contributed by atoms with van der Waals surface area (Å²) < 4.78 is 4.21. The summed E-state index contributed by atoms with van der Waals surface area (Å²) in [6.07, 6.45) is -0.0553. The minimum atomic E-state index is -0.891. The fourth-order valence-corrected chi connectivity index (χ4v) is 3.45. The number of hydrogen-bond acceptors (Lipinski definition) is 5. The van der Waals surface area contributed by atoms with E-state index < -0.39 is 5.97 Å². The Kier molecular flexibility index (Phi) is 4.38. The fraction of sp³-hybridized carbons (Fsp3) is 0.158. The van der Waals surface area contributed by atoms with Gasteiger partial charge in [-0.25, -0.2) is 4.40 Å². The third kappa shape index (κ3) is 3.03. The predicted molar refractivity (Wildman–Crippen MR) is 109 cm³/mol. The lowest BCUT2D eigenvalue weighted by Gasteiger charge is -2.10. The van der Waals surface area contributed by atoms with Crippen LogP contribution < -0.4 is 10.5 Å². The molecule has 0 aliphatic rings. The van der Waals surface area contributed by atoms with E-state index in [2.05, 4.69) is 26.0 Å². The van der Waals surface area contributed by atoms with Crippen LogP contribution in [-0.4, -0.2) is 44.3 Å². The van der Waals surface area contributed by atoms with Gasteiger partial charge in [-0.3, -0.25) is 9.59 Å². The molecule has 0 atom stereocenters. The molecule has 0 radical (unpaired) electrons. The zero-order valence-electron chi connectivity index (χ0n) is 15.1. The Bertz CT molecular complexity index is 1270. The van der Waals surface area contributed by atoms with Crippen molar-refractivity contribution in [2.24, 2.45) is 0 Å². The molecule has 8 nitrogen and oxygen atoms in total. The molecule has 0 unspecified atom stereocenters. The molecular formula is C19H16BrN5O3. The van der Waals surface area contributed by atoms with Gasteiger partial charge in [0.25, 0.3) is 5.56 Å². The summed E-state index contributed by atoms with van der Waals surface area (Å²) in [4.78, 5) is 29.6. The first-order chi connectivity index (χ1) is 13.3. The summed E-state index contributed by atoms with van der Waals surface area (Å²) in [6, 6.07) is 12.5. The first-order valence-corrected chi connectivity index (χ1v) is 9.24. The molecule has 0 bridgehead atoms. The van der Waals surface area contributed by atoms with Crippen LogP contribution in [0.1, 0.15) is 5.56 Å². The number of halogens is 1. The normalized spacial score (nSPS) is 11.2. The van der Waals surface area contributed by atoms with Crippen molar-refractivity contribution in [1.29, 1.82) is 0 Å². The van der Waals surface area contributed by atoms with Crippen molar-refractivity contribution in [1.82, 2.24) is 19.2 Å². The Balaban J connectivity index is 2.00. The third-order valence-corrected chi connectivity index (χ3v) is 4.84. The average molecular weight is 442 g/mol. The summed E-state index contributed by atoms with van der Waals surface area (Å²) in [5.74, 6) is 0.108. The average Bonchev–Trinajstić information content (AvgIpc) is 3.02. The van der Waals surface area contributed by atoms with Gasteiger partial charge in [0.05, 0.1) is 23.0 Å². The Morgan fingerprint density at radius 2 is 1.89 bits per heavy atom. The van der Waals surface area contributed by atoms with Gasteiger partial charge in [-0.1, -0.05) is 28.1 Å². The largest absolute Gasteiger partial charge is 0.481 e. The molecule has 0 aliphatic heterocycles. The number of aromatic nitrogens is 4. The van der Waals surface area contributed by atoms with Crippen LogP contribution in [0, 0.1) is 0 Å². The molecule has 4 aromatic rings. The zero-order valence-corrected chi connectivity index (χ0v) is 16.7. The van der Waals surface area contributed by atoms with Crippen molar-refractivity contribution in [2.75, 3.05) is 19.0 Å². The highest BCUT2D eigenvalue weighted by molar-refractivity contribution is 9.10. The van der Waals surface area contributed by atoms with E-state index in [0.29, 0.717) is 33.9 Å². The van der Waals surface area contributed by atoms with Crippen molar-refractivity contribution in [3.8, 4) is 5.69 Å². The lowest BCUT2D eigenvalue weighted by atomic mass is 10.1. The molecule has 0 fully saturated rings. The second-order valence-electron chi connectivity index (χ2n) is 6.56. The van der Waals surface area contributed by atoms with Gasteiger partial charge in [-0.2, -0.15) is 9.67 Å². The molecule has 142 valence electrons. The number of hydrogen-bond donors (Lipinski definition) is 1. The Hall–Kier alpha value is -3.20. The number of carbonyl (C=O) groups is 1. The number of fused-ring (bicyclic) bond motifs is 3. The number of carboxylic acids is 1. The van der Waals surface area contributed by atoms with Crippen LogP contribution in [0.25, 0.3) is 22.4 Å². The first kappa shape index (κ1) is 18.2. The van der Waals surface area contributed by atoms with Gasteiger partial charge in [0.2, 0.25) is 11.7 Å². The number of aliphatic carboxylic acids is 1. The summed E-state index contributed by atoms with van der Waals surface area (Å²) in [7, 11) is 3.73. The van der Waals surface area contributed by atoms with E-state index in [1.165, 1.54) is 0 Å². The Labute approximate surface area is 167 Å².